The Hall–Kier alpha value is -3.28. The molecule has 0 radical (unpaired) electrons. The molecule has 5 amide bonds. The Kier molecular flexibility index (Phi) is 10.00. The fraction of sp³-hybridized carbons (Fsp3) is 0.737. The number of thiophene rings is 1. The molecule has 2 heterocycles. The third kappa shape index (κ3) is 7.65. The van der Waals surface area contributed by atoms with Crippen LogP contribution in [0, 0.1) is 34.0 Å². The van der Waals surface area contributed by atoms with E-state index in [0.29, 0.717) is 17.8 Å². The summed E-state index contributed by atoms with van der Waals surface area (Å²) >= 11 is 1.31. The fourth-order valence-corrected chi connectivity index (χ4v) is 9.11. The van der Waals surface area contributed by atoms with Crippen molar-refractivity contribution in [1.82, 2.24) is 26.2 Å². The maximum absolute atomic E-state index is 14.7. The standard InChI is InChI=1S/C38H55N5O6S/c1-36(2,3)30(42-34(48)29(38(6)16-8-7-9-17-38)41-31(45)25-11-10-18-50-25)35(49)43-20-23-26(37(23,4)5)27(43)32(46)40-24(19-21-12-13-21)28(44)33(47)39-22-14-15-22/h10-11,18,21-24,26-27,29-30H,7-9,12-17,19-20H2,1-6H3,(H,39,47)(H,40,46)(H,41,45)(H,42,48)/t23-,24?,26-,27-,29+,30+/m0/s1. The number of carbonyl (C=O) groups excluding carboxylic acids is 6. The van der Waals surface area contributed by atoms with E-state index in [2.05, 4.69) is 35.1 Å². The predicted octanol–water partition coefficient (Wildman–Crippen LogP) is 3.96. The van der Waals surface area contributed by atoms with E-state index in [0.717, 1.165) is 57.8 Å². The summed E-state index contributed by atoms with van der Waals surface area (Å²) in [5.74, 6) is -2.54. The minimum absolute atomic E-state index is 0.0218. The highest BCUT2D eigenvalue weighted by Crippen LogP contribution is 2.65. The molecule has 1 aliphatic heterocycles. The van der Waals surface area contributed by atoms with Gasteiger partial charge in [0.05, 0.1) is 10.9 Å². The zero-order chi connectivity index (χ0) is 36.2. The van der Waals surface area contributed by atoms with Gasteiger partial charge in [-0.05, 0) is 77.5 Å². The lowest BCUT2D eigenvalue weighted by atomic mass is 9.70. The van der Waals surface area contributed by atoms with Crippen LogP contribution in [-0.2, 0) is 24.0 Å². The maximum atomic E-state index is 14.7. The van der Waals surface area contributed by atoms with Crippen molar-refractivity contribution < 1.29 is 28.8 Å². The van der Waals surface area contributed by atoms with Crippen LogP contribution in [0.4, 0.5) is 0 Å². The van der Waals surface area contributed by atoms with Gasteiger partial charge in [-0.25, -0.2) is 0 Å². The van der Waals surface area contributed by atoms with Crippen LogP contribution in [0.25, 0.3) is 0 Å². The van der Waals surface area contributed by atoms with Gasteiger partial charge in [0.1, 0.15) is 18.1 Å². The van der Waals surface area contributed by atoms with Crippen LogP contribution in [0.15, 0.2) is 17.5 Å². The van der Waals surface area contributed by atoms with Gasteiger partial charge in [-0.3, -0.25) is 28.8 Å². The normalized spacial score (nSPS) is 26.8. The highest BCUT2D eigenvalue weighted by Gasteiger charge is 2.70. The molecule has 6 rings (SSSR count). The van der Waals surface area contributed by atoms with Crippen molar-refractivity contribution in [3.05, 3.63) is 22.4 Å². The van der Waals surface area contributed by atoms with E-state index in [1.165, 1.54) is 11.3 Å². The first-order valence-electron chi connectivity index (χ1n) is 18.6. The number of likely N-dealkylation sites (tertiary alicyclic amines) is 1. The van der Waals surface area contributed by atoms with Crippen molar-refractivity contribution in [3.8, 4) is 0 Å². The minimum Gasteiger partial charge on any atom is -0.347 e. The molecule has 274 valence electrons. The Morgan fingerprint density at radius 1 is 0.940 bits per heavy atom. The lowest BCUT2D eigenvalue weighted by Crippen LogP contribution is -2.64. The molecule has 1 unspecified atom stereocenters. The number of piperidine rings is 1. The minimum atomic E-state index is -0.979. The first kappa shape index (κ1) is 36.5. The molecule has 0 spiro atoms. The van der Waals surface area contributed by atoms with Gasteiger partial charge >= 0.3 is 0 Å². The molecule has 1 aromatic heterocycles. The Labute approximate surface area is 299 Å². The lowest BCUT2D eigenvalue weighted by molar-refractivity contribution is -0.147. The Morgan fingerprint density at radius 2 is 1.62 bits per heavy atom. The van der Waals surface area contributed by atoms with Crippen LogP contribution in [0.2, 0.25) is 0 Å². The molecule has 5 fully saturated rings. The van der Waals surface area contributed by atoms with E-state index in [1.807, 2.05) is 33.1 Å². The summed E-state index contributed by atoms with van der Waals surface area (Å²) in [7, 11) is 0. The van der Waals surface area contributed by atoms with Gasteiger partial charge in [-0.2, -0.15) is 0 Å². The maximum Gasteiger partial charge on any atom is 0.289 e. The molecule has 4 saturated carbocycles. The van der Waals surface area contributed by atoms with Crippen molar-refractivity contribution in [3.63, 3.8) is 0 Å². The molecule has 1 aromatic rings. The number of Topliss-reactive ketones (excluding diaryl/α,β-unsaturated/α-hetero) is 1. The van der Waals surface area contributed by atoms with E-state index in [1.54, 1.807) is 17.0 Å². The van der Waals surface area contributed by atoms with E-state index < -0.39 is 58.5 Å². The SMILES string of the molecule is CC(C)(C)[C@H](NC(=O)[C@@H](NC(=O)c1cccs1)C1(C)CCCCC1)C(=O)N1C[C@H]2[C@@H]([C@H]1C(=O)NC(CC1CC1)C(=O)C(=O)NC1CC1)C2(C)C. The molecular formula is C38H55N5O6S. The molecule has 50 heavy (non-hydrogen) atoms. The van der Waals surface area contributed by atoms with Crippen molar-refractivity contribution >= 4 is 46.7 Å². The van der Waals surface area contributed by atoms with Gasteiger partial charge in [0, 0.05) is 12.6 Å². The van der Waals surface area contributed by atoms with Crippen LogP contribution >= 0.6 is 11.3 Å². The van der Waals surface area contributed by atoms with Crippen molar-refractivity contribution in [2.75, 3.05) is 6.54 Å². The highest BCUT2D eigenvalue weighted by atomic mass is 32.1. The van der Waals surface area contributed by atoms with Crippen LogP contribution in [-0.4, -0.2) is 77.0 Å². The Balaban J connectivity index is 1.22. The summed E-state index contributed by atoms with van der Waals surface area (Å²) in [5, 5.41) is 13.6. The molecule has 0 aromatic carbocycles. The average molecular weight is 710 g/mol. The molecular weight excluding hydrogens is 655 g/mol. The molecule has 1 saturated heterocycles. The third-order valence-corrected chi connectivity index (χ3v) is 13.0. The smallest absolute Gasteiger partial charge is 0.289 e. The van der Waals surface area contributed by atoms with Gasteiger partial charge in [0.15, 0.2) is 0 Å². The average Bonchev–Trinajstić information content (AvgIpc) is 4.01. The second kappa shape index (κ2) is 13.7. The quantitative estimate of drug-likeness (QED) is 0.228. The number of rotatable bonds is 13. The summed E-state index contributed by atoms with van der Waals surface area (Å²) in [6, 6.07) is -0.0683. The number of nitrogens with one attached hydrogen (secondary N) is 4. The van der Waals surface area contributed by atoms with Crippen molar-refractivity contribution in [1.29, 1.82) is 0 Å². The zero-order valence-corrected chi connectivity index (χ0v) is 31.3. The summed E-state index contributed by atoms with van der Waals surface area (Å²) in [6.07, 6.45) is 8.53. The third-order valence-electron chi connectivity index (χ3n) is 12.2. The van der Waals surface area contributed by atoms with Gasteiger partial charge < -0.3 is 26.2 Å². The predicted molar refractivity (Wildman–Crippen MR) is 190 cm³/mol. The van der Waals surface area contributed by atoms with Gasteiger partial charge in [-0.15, -0.1) is 11.3 Å². The monoisotopic (exact) mass is 709 g/mol. The molecule has 5 aliphatic rings. The number of amides is 5. The molecule has 6 atom stereocenters. The van der Waals surface area contributed by atoms with Crippen molar-refractivity contribution in [2.45, 2.75) is 136 Å². The molecule has 11 nitrogen and oxygen atoms in total. The molecule has 0 bridgehead atoms. The summed E-state index contributed by atoms with van der Waals surface area (Å²) in [5.41, 5.74) is -1.39. The lowest BCUT2D eigenvalue weighted by Gasteiger charge is -2.42. The van der Waals surface area contributed by atoms with E-state index >= 15 is 0 Å². The second-order valence-corrected chi connectivity index (χ2v) is 18.6. The fourth-order valence-electron chi connectivity index (χ4n) is 8.49. The van der Waals surface area contributed by atoms with E-state index in [9.17, 15) is 28.8 Å². The number of fused-ring (bicyclic) bond motifs is 1. The van der Waals surface area contributed by atoms with Crippen LogP contribution < -0.4 is 21.3 Å². The number of hydrogen-bond donors (Lipinski definition) is 4. The van der Waals surface area contributed by atoms with Gasteiger partial charge in [-0.1, -0.05) is 79.7 Å². The van der Waals surface area contributed by atoms with E-state index in [-0.39, 0.29) is 41.0 Å². The largest absolute Gasteiger partial charge is 0.347 e. The zero-order valence-electron chi connectivity index (χ0n) is 30.4. The second-order valence-electron chi connectivity index (χ2n) is 17.6. The van der Waals surface area contributed by atoms with Gasteiger partial charge in [0.25, 0.3) is 11.8 Å². The van der Waals surface area contributed by atoms with Gasteiger partial charge in [0.2, 0.25) is 23.5 Å². The number of nitrogens with zero attached hydrogens (tertiary/aromatic N) is 1. The number of hydrogen-bond acceptors (Lipinski definition) is 7. The Morgan fingerprint density at radius 3 is 2.20 bits per heavy atom. The number of carbonyl (C=O) groups is 6. The first-order valence-corrected chi connectivity index (χ1v) is 19.5. The topological polar surface area (TPSA) is 154 Å². The van der Waals surface area contributed by atoms with Crippen molar-refractivity contribution in [2.24, 2.45) is 34.0 Å². The van der Waals surface area contributed by atoms with E-state index in [4.69, 9.17) is 0 Å². The molecule has 4 N–H and O–H groups in total. The van der Waals surface area contributed by atoms with Crippen LogP contribution in [0.3, 0.4) is 0 Å². The molecule has 12 heteroatoms. The summed E-state index contributed by atoms with van der Waals surface area (Å²) < 4.78 is 0. The van der Waals surface area contributed by atoms with Crippen LogP contribution in [0.5, 0.6) is 0 Å². The molecule has 4 aliphatic carbocycles. The number of ketones is 1. The first-order chi connectivity index (χ1) is 23.5. The highest BCUT2D eigenvalue weighted by molar-refractivity contribution is 7.12. The van der Waals surface area contributed by atoms with Crippen LogP contribution in [0.1, 0.15) is 115 Å². The summed E-state index contributed by atoms with van der Waals surface area (Å²) in [6.45, 7) is 12.2. The Bertz CT molecular complexity index is 1500. The summed E-state index contributed by atoms with van der Waals surface area (Å²) in [4.78, 5) is 84.7.